The molecule has 76 valence electrons. The molecule has 0 spiro atoms. The molecule has 0 saturated heterocycles. The van der Waals surface area contributed by atoms with Crippen LogP contribution < -0.4 is 5.30 Å². The lowest BCUT2D eigenvalue weighted by Crippen LogP contribution is -2.22. The highest BCUT2D eigenvalue weighted by Crippen LogP contribution is 2.21. The minimum absolute atomic E-state index is 0.306. The highest BCUT2D eigenvalue weighted by Gasteiger charge is 2.38. The first-order valence-corrected chi connectivity index (χ1v) is 5.34. The average Bonchev–Trinajstić information content (AvgIpc) is 2.15. The van der Waals surface area contributed by atoms with Gasteiger partial charge in [-0.2, -0.15) is 13.2 Å². The maximum absolute atomic E-state index is 12.0. The molecule has 0 bridgehead atoms. The molecule has 1 atom stereocenters. The summed E-state index contributed by atoms with van der Waals surface area (Å²) in [7, 11) is 0.514. The summed E-state index contributed by atoms with van der Waals surface area (Å²) in [5, 5.41) is 0.934. The maximum Gasteiger partial charge on any atom is 0.454 e. The molecule has 0 aromatic heterocycles. The molecule has 0 aliphatic carbocycles. The van der Waals surface area contributed by atoms with E-state index < -0.39 is 12.0 Å². The van der Waals surface area contributed by atoms with Gasteiger partial charge in [0.2, 0.25) is 0 Å². The van der Waals surface area contributed by atoms with Gasteiger partial charge in [0.1, 0.15) is 0 Å². The van der Waals surface area contributed by atoms with E-state index in [0.29, 0.717) is 8.58 Å². The highest BCUT2D eigenvalue weighted by molar-refractivity contribution is 7.46. The van der Waals surface area contributed by atoms with Gasteiger partial charge in [-0.25, -0.2) is 0 Å². The minimum atomic E-state index is -4.78. The van der Waals surface area contributed by atoms with Crippen LogP contribution in [0.2, 0.25) is 0 Å². The fourth-order valence-electron chi connectivity index (χ4n) is 0.952. The van der Waals surface area contributed by atoms with E-state index in [0.717, 1.165) is 5.30 Å². The third kappa shape index (κ3) is 2.55. The molecular formula is C9H8F3OP. The van der Waals surface area contributed by atoms with Crippen molar-refractivity contribution in [2.24, 2.45) is 0 Å². The molecule has 0 aliphatic rings. The van der Waals surface area contributed by atoms with Crippen LogP contribution in [0.25, 0.3) is 0 Å². The summed E-state index contributed by atoms with van der Waals surface area (Å²) in [6, 6.07) is 5.50. The van der Waals surface area contributed by atoms with Crippen LogP contribution in [0.3, 0.4) is 0 Å². The van der Waals surface area contributed by atoms with E-state index in [1.165, 1.54) is 24.3 Å². The average molecular weight is 220 g/mol. The number of carbonyl (C=O) groups excluding carboxylic acids is 1. The number of hydrogen-bond donors (Lipinski definition) is 0. The molecule has 0 N–H and O–H groups in total. The molecule has 1 aromatic rings. The molecule has 0 amide bonds. The van der Waals surface area contributed by atoms with Crippen molar-refractivity contribution in [3.63, 3.8) is 0 Å². The molecule has 0 saturated carbocycles. The quantitative estimate of drug-likeness (QED) is 0.552. The number of alkyl halides is 3. The SMILES string of the molecule is CPc1ccc(C(=O)C(F)(F)F)cc1. The number of halogens is 3. The molecule has 1 nitrogen and oxygen atoms in total. The summed E-state index contributed by atoms with van der Waals surface area (Å²) in [6.45, 7) is 1.92. The first-order valence-electron chi connectivity index (χ1n) is 3.84. The summed E-state index contributed by atoms with van der Waals surface area (Å²) in [4.78, 5) is 10.7. The van der Waals surface area contributed by atoms with Crippen molar-refractivity contribution in [3.05, 3.63) is 29.8 Å². The van der Waals surface area contributed by atoms with Gasteiger partial charge >= 0.3 is 6.18 Å². The molecule has 0 aliphatic heterocycles. The van der Waals surface area contributed by atoms with Crippen molar-refractivity contribution < 1.29 is 18.0 Å². The monoisotopic (exact) mass is 220 g/mol. The van der Waals surface area contributed by atoms with Crippen LogP contribution in [0.5, 0.6) is 0 Å². The zero-order chi connectivity index (χ0) is 10.8. The Morgan fingerprint density at radius 1 is 1.21 bits per heavy atom. The normalized spacial score (nSPS) is 12.3. The fraction of sp³-hybridized carbons (Fsp3) is 0.222. The second-order valence-electron chi connectivity index (χ2n) is 2.65. The minimum Gasteiger partial charge on any atom is -0.284 e. The van der Waals surface area contributed by atoms with Gasteiger partial charge in [0.15, 0.2) is 0 Å². The van der Waals surface area contributed by atoms with Crippen molar-refractivity contribution in [3.8, 4) is 0 Å². The van der Waals surface area contributed by atoms with E-state index in [1.54, 1.807) is 0 Å². The van der Waals surface area contributed by atoms with Crippen LogP contribution in [0.15, 0.2) is 24.3 Å². The van der Waals surface area contributed by atoms with Gasteiger partial charge in [-0.15, -0.1) is 0 Å². The Hall–Kier alpha value is -0.890. The topological polar surface area (TPSA) is 17.1 Å². The smallest absolute Gasteiger partial charge is 0.284 e. The van der Waals surface area contributed by atoms with Crippen LogP contribution in [0.1, 0.15) is 10.4 Å². The van der Waals surface area contributed by atoms with Gasteiger partial charge < -0.3 is 0 Å². The van der Waals surface area contributed by atoms with E-state index in [2.05, 4.69) is 0 Å². The Morgan fingerprint density at radius 2 is 1.71 bits per heavy atom. The van der Waals surface area contributed by atoms with Crippen molar-refractivity contribution >= 4 is 19.7 Å². The number of rotatable bonds is 2. The van der Waals surface area contributed by atoms with Gasteiger partial charge in [0, 0.05) is 5.56 Å². The lowest BCUT2D eigenvalue weighted by atomic mass is 10.1. The molecule has 0 radical (unpaired) electrons. The third-order valence-electron chi connectivity index (χ3n) is 1.69. The largest absolute Gasteiger partial charge is 0.454 e. The summed E-state index contributed by atoms with van der Waals surface area (Å²) in [6.07, 6.45) is -4.78. The highest BCUT2D eigenvalue weighted by atomic mass is 31.1. The number of Topliss-reactive ketones (excluding diaryl/α,β-unsaturated/α-hetero) is 1. The predicted octanol–water partition coefficient (Wildman–Crippen LogP) is 2.37. The molecule has 0 heterocycles. The molecule has 5 heteroatoms. The number of hydrogen-bond acceptors (Lipinski definition) is 1. The van der Waals surface area contributed by atoms with Crippen molar-refractivity contribution in [2.45, 2.75) is 6.18 Å². The Bertz CT molecular complexity index is 329. The lowest BCUT2D eigenvalue weighted by molar-refractivity contribution is -0.0885. The van der Waals surface area contributed by atoms with Gasteiger partial charge in [-0.3, -0.25) is 4.79 Å². The van der Waals surface area contributed by atoms with Gasteiger partial charge in [-0.1, -0.05) is 32.8 Å². The van der Waals surface area contributed by atoms with E-state index in [9.17, 15) is 18.0 Å². The first kappa shape index (κ1) is 11.2. The Labute approximate surface area is 81.1 Å². The van der Waals surface area contributed by atoms with Gasteiger partial charge in [0.25, 0.3) is 5.78 Å². The second-order valence-corrected chi connectivity index (χ2v) is 3.73. The second kappa shape index (κ2) is 4.09. The molecule has 1 unspecified atom stereocenters. The lowest BCUT2D eigenvalue weighted by Gasteiger charge is -2.05. The molecule has 0 fully saturated rings. The number of ketones is 1. The van der Waals surface area contributed by atoms with Crippen LogP contribution in [-0.4, -0.2) is 18.6 Å². The molecule has 14 heavy (non-hydrogen) atoms. The number of benzene rings is 1. The Balaban J connectivity index is 2.93. The zero-order valence-corrected chi connectivity index (χ0v) is 8.35. The fourth-order valence-corrected chi connectivity index (χ4v) is 1.45. The van der Waals surface area contributed by atoms with Crippen LogP contribution >= 0.6 is 8.58 Å². The van der Waals surface area contributed by atoms with E-state index in [1.807, 2.05) is 6.66 Å². The van der Waals surface area contributed by atoms with E-state index >= 15 is 0 Å². The van der Waals surface area contributed by atoms with Crippen molar-refractivity contribution in [2.75, 3.05) is 6.66 Å². The molecule has 1 aromatic carbocycles. The van der Waals surface area contributed by atoms with Crippen LogP contribution in [-0.2, 0) is 0 Å². The standard InChI is InChI=1S/C9H8F3OP/c1-14-7-4-2-6(3-5-7)8(13)9(10,11)12/h2-5,14H,1H3. The van der Waals surface area contributed by atoms with E-state index in [4.69, 9.17) is 0 Å². The third-order valence-corrected chi connectivity index (χ3v) is 2.60. The summed E-state index contributed by atoms with van der Waals surface area (Å²) < 4.78 is 35.9. The summed E-state index contributed by atoms with van der Waals surface area (Å²) in [5.74, 6) is -1.79. The number of carbonyl (C=O) groups is 1. The molecular weight excluding hydrogens is 212 g/mol. The van der Waals surface area contributed by atoms with Crippen LogP contribution in [0, 0.1) is 0 Å². The summed E-state index contributed by atoms with van der Waals surface area (Å²) >= 11 is 0. The van der Waals surface area contributed by atoms with Gasteiger partial charge in [0.05, 0.1) is 0 Å². The van der Waals surface area contributed by atoms with Crippen molar-refractivity contribution in [1.29, 1.82) is 0 Å². The molecule has 1 rings (SSSR count). The van der Waals surface area contributed by atoms with Crippen molar-refractivity contribution in [1.82, 2.24) is 0 Å². The zero-order valence-electron chi connectivity index (χ0n) is 7.35. The van der Waals surface area contributed by atoms with Gasteiger partial charge in [-0.05, 0) is 12.0 Å². The Morgan fingerprint density at radius 3 is 2.07 bits per heavy atom. The van der Waals surface area contributed by atoms with Crippen LogP contribution in [0.4, 0.5) is 13.2 Å². The summed E-state index contributed by atoms with van der Waals surface area (Å²) in [5.41, 5.74) is -0.306. The maximum atomic E-state index is 12.0. The Kier molecular flexibility index (Phi) is 3.27. The first-order chi connectivity index (χ1) is 6.45. The predicted molar refractivity (Wildman–Crippen MR) is 50.7 cm³/mol. The van der Waals surface area contributed by atoms with E-state index in [-0.39, 0.29) is 5.56 Å².